The minimum absolute atomic E-state index is 0.132. The summed E-state index contributed by atoms with van der Waals surface area (Å²) >= 11 is 6.15. The molecule has 0 spiro atoms. The van der Waals surface area contributed by atoms with Gasteiger partial charge in [-0.3, -0.25) is 10.1 Å². The van der Waals surface area contributed by atoms with Crippen molar-refractivity contribution in [2.24, 2.45) is 0 Å². The number of esters is 1. The summed E-state index contributed by atoms with van der Waals surface area (Å²) in [6.45, 7) is -0.193. The molecule has 3 aromatic rings. The summed E-state index contributed by atoms with van der Waals surface area (Å²) in [4.78, 5) is 27.4. The highest BCUT2D eigenvalue weighted by molar-refractivity contribution is 6.30. The minimum atomic E-state index is -0.892. The highest BCUT2D eigenvalue weighted by Crippen LogP contribution is 2.35. The van der Waals surface area contributed by atoms with Gasteiger partial charge < -0.3 is 14.2 Å². The topological polar surface area (TPSA) is 101 Å². The quantitative estimate of drug-likeness (QED) is 0.264. The number of halogens is 1. The van der Waals surface area contributed by atoms with Gasteiger partial charge in [-0.2, -0.15) is 0 Å². The van der Waals surface area contributed by atoms with Crippen molar-refractivity contribution >= 4 is 34.2 Å². The van der Waals surface area contributed by atoms with Crippen LogP contribution in [0.4, 0.5) is 5.69 Å². The Labute approximate surface area is 164 Å². The molecule has 1 aromatic heterocycles. The van der Waals surface area contributed by atoms with Gasteiger partial charge in [-0.25, -0.2) is 9.78 Å². The van der Waals surface area contributed by atoms with E-state index in [2.05, 4.69) is 4.98 Å². The zero-order valence-corrected chi connectivity index (χ0v) is 15.7. The van der Waals surface area contributed by atoms with E-state index in [4.69, 9.17) is 25.8 Å². The van der Waals surface area contributed by atoms with Crippen LogP contribution >= 0.6 is 11.6 Å². The molecular formula is C19H15ClN2O6. The van der Waals surface area contributed by atoms with Gasteiger partial charge >= 0.3 is 5.97 Å². The molecule has 9 heteroatoms. The summed E-state index contributed by atoms with van der Waals surface area (Å²) in [5, 5.41) is 12.4. The SMILES string of the molecule is COc1cc(C(=O)OCc2cc3ccccc3nc2Cl)c([N+](=O)[O-])cc1OC. The average molecular weight is 403 g/mol. The van der Waals surface area contributed by atoms with Gasteiger partial charge in [-0.05, 0) is 12.1 Å². The van der Waals surface area contributed by atoms with Crippen molar-refractivity contribution in [2.45, 2.75) is 6.61 Å². The van der Waals surface area contributed by atoms with Crippen molar-refractivity contribution in [3.63, 3.8) is 0 Å². The van der Waals surface area contributed by atoms with E-state index in [9.17, 15) is 14.9 Å². The van der Waals surface area contributed by atoms with E-state index in [0.717, 1.165) is 11.5 Å². The molecule has 3 rings (SSSR count). The van der Waals surface area contributed by atoms with E-state index in [1.165, 1.54) is 20.3 Å². The van der Waals surface area contributed by atoms with Crippen LogP contribution in [0.5, 0.6) is 11.5 Å². The van der Waals surface area contributed by atoms with Gasteiger partial charge in [0.25, 0.3) is 5.69 Å². The number of rotatable bonds is 6. The van der Waals surface area contributed by atoms with Crippen LogP contribution in [0.25, 0.3) is 10.9 Å². The van der Waals surface area contributed by atoms with Gasteiger partial charge in [-0.15, -0.1) is 0 Å². The molecule has 0 amide bonds. The number of ether oxygens (including phenoxy) is 3. The standard InChI is InChI=1S/C19H15ClN2O6/c1-26-16-8-13(15(22(24)25)9-17(16)27-2)19(23)28-10-12-7-11-5-3-4-6-14(11)21-18(12)20/h3-9H,10H2,1-2H3. The Balaban J connectivity index is 1.89. The Morgan fingerprint density at radius 3 is 2.50 bits per heavy atom. The third-order valence-electron chi connectivity index (χ3n) is 4.03. The largest absolute Gasteiger partial charge is 0.493 e. The van der Waals surface area contributed by atoms with E-state index < -0.39 is 16.6 Å². The van der Waals surface area contributed by atoms with Crippen LogP contribution in [-0.4, -0.2) is 30.1 Å². The molecule has 0 aliphatic carbocycles. The van der Waals surface area contributed by atoms with Crippen LogP contribution in [0.2, 0.25) is 5.15 Å². The first kappa shape index (κ1) is 19.4. The highest BCUT2D eigenvalue weighted by Gasteiger charge is 2.26. The lowest BCUT2D eigenvalue weighted by Crippen LogP contribution is -2.10. The fraction of sp³-hybridized carbons (Fsp3) is 0.158. The highest BCUT2D eigenvalue weighted by atomic mass is 35.5. The van der Waals surface area contributed by atoms with Crippen LogP contribution in [-0.2, 0) is 11.3 Å². The Kier molecular flexibility index (Phi) is 5.60. The summed E-state index contributed by atoms with van der Waals surface area (Å²) < 4.78 is 15.4. The van der Waals surface area contributed by atoms with Crippen molar-refractivity contribution in [3.05, 3.63) is 68.9 Å². The molecule has 144 valence electrons. The second-order valence-corrected chi connectivity index (χ2v) is 6.05. The van der Waals surface area contributed by atoms with Gasteiger partial charge in [0.15, 0.2) is 11.5 Å². The first-order valence-corrected chi connectivity index (χ1v) is 8.44. The number of para-hydroxylation sites is 1. The number of nitro groups is 1. The maximum absolute atomic E-state index is 12.5. The molecule has 0 fully saturated rings. The first-order valence-electron chi connectivity index (χ1n) is 8.06. The summed E-state index contributed by atoms with van der Waals surface area (Å²) in [6.07, 6.45) is 0. The minimum Gasteiger partial charge on any atom is -0.493 e. The van der Waals surface area contributed by atoms with Gasteiger partial charge in [0, 0.05) is 17.0 Å². The number of aromatic nitrogens is 1. The average Bonchev–Trinajstić information content (AvgIpc) is 2.70. The molecule has 0 saturated heterocycles. The molecule has 8 nitrogen and oxygen atoms in total. The molecule has 0 N–H and O–H groups in total. The van der Waals surface area contributed by atoms with Gasteiger partial charge in [0.2, 0.25) is 0 Å². The fourth-order valence-electron chi connectivity index (χ4n) is 2.64. The molecule has 0 aliphatic heterocycles. The fourth-order valence-corrected chi connectivity index (χ4v) is 2.84. The number of pyridine rings is 1. The molecular weight excluding hydrogens is 388 g/mol. The van der Waals surface area contributed by atoms with E-state index in [1.807, 2.05) is 24.3 Å². The van der Waals surface area contributed by atoms with E-state index >= 15 is 0 Å². The number of carbonyl (C=O) groups is 1. The summed E-state index contributed by atoms with van der Waals surface area (Å²) in [6, 6.07) is 11.4. The van der Waals surface area contributed by atoms with Gasteiger partial charge in [0.05, 0.1) is 30.7 Å². The summed E-state index contributed by atoms with van der Waals surface area (Å²) in [5.74, 6) is -0.588. The van der Waals surface area contributed by atoms with Crippen LogP contribution < -0.4 is 9.47 Å². The van der Waals surface area contributed by atoms with Crippen LogP contribution in [0.15, 0.2) is 42.5 Å². The number of nitrogens with zero attached hydrogens (tertiary/aromatic N) is 2. The zero-order valence-electron chi connectivity index (χ0n) is 15.0. The molecule has 28 heavy (non-hydrogen) atoms. The molecule has 0 aliphatic rings. The van der Waals surface area contributed by atoms with Crippen molar-refractivity contribution in [3.8, 4) is 11.5 Å². The van der Waals surface area contributed by atoms with Crippen LogP contribution in [0.3, 0.4) is 0 Å². The molecule has 0 bridgehead atoms. The second-order valence-electron chi connectivity index (χ2n) is 5.69. The number of fused-ring (bicyclic) bond motifs is 1. The lowest BCUT2D eigenvalue weighted by molar-refractivity contribution is -0.385. The first-order chi connectivity index (χ1) is 13.4. The van der Waals surface area contributed by atoms with Crippen LogP contribution in [0.1, 0.15) is 15.9 Å². The number of hydrogen-bond acceptors (Lipinski definition) is 7. The Morgan fingerprint density at radius 1 is 1.14 bits per heavy atom. The Hall–Kier alpha value is -3.39. The number of nitro benzene ring substituents is 1. The van der Waals surface area contributed by atoms with Crippen molar-refractivity contribution in [1.29, 1.82) is 0 Å². The molecule has 0 radical (unpaired) electrons. The van der Waals surface area contributed by atoms with E-state index in [1.54, 1.807) is 6.07 Å². The summed E-state index contributed by atoms with van der Waals surface area (Å²) in [5.41, 5.74) is 0.479. The normalized spacial score (nSPS) is 10.5. The van der Waals surface area contributed by atoms with Crippen LogP contribution in [0, 0.1) is 10.1 Å². The van der Waals surface area contributed by atoms with E-state index in [-0.39, 0.29) is 28.8 Å². The maximum Gasteiger partial charge on any atom is 0.345 e. The maximum atomic E-state index is 12.5. The number of hydrogen-bond donors (Lipinski definition) is 0. The molecule has 0 unspecified atom stereocenters. The van der Waals surface area contributed by atoms with Crippen molar-refractivity contribution < 1.29 is 23.9 Å². The second kappa shape index (κ2) is 8.10. The van der Waals surface area contributed by atoms with Gasteiger partial charge in [-0.1, -0.05) is 29.8 Å². The smallest absolute Gasteiger partial charge is 0.345 e. The van der Waals surface area contributed by atoms with E-state index in [0.29, 0.717) is 11.1 Å². The predicted molar refractivity (Wildman–Crippen MR) is 102 cm³/mol. The third kappa shape index (κ3) is 3.81. The summed E-state index contributed by atoms with van der Waals surface area (Å²) in [7, 11) is 2.70. The van der Waals surface area contributed by atoms with Crippen molar-refractivity contribution in [1.82, 2.24) is 4.98 Å². The Bertz CT molecular complexity index is 1070. The molecule has 0 saturated carbocycles. The predicted octanol–water partition coefficient (Wildman–Crippen LogP) is 4.17. The zero-order chi connectivity index (χ0) is 20.3. The lowest BCUT2D eigenvalue weighted by Gasteiger charge is -2.11. The third-order valence-corrected chi connectivity index (χ3v) is 4.35. The monoisotopic (exact) mass is 402 g/mol. The molecule has 2 aromatic carbocycles. The number of carbonyl (C=O) groups excluding carboxylic acids is 1. The lowest BCUT2D eigenvalue weighted by atomic mass is 10.1. The van der Waals surface area contributed by atoms with Gasteiger partial charge in [0.1, 0.15) is 17.3 Å². The number of methoxy groups -OCH3 is 2. The van der Waals surface area contributed by atoms with Crippen molar-refractivity contribution in [2.75, 3.05) is 14.2 Å². The molecule has 1 heterocycles. The Morgan fingerprint density at radius 2 is 1.82 bits per heavy atom. The number of benzene rings is 2. The molecule has 0 atom stereocenters.